The minimum atomic E-state index is -0.634. The first-order valence-electron chi connectivity index (χ1n) is 5.83. The van der Waals surface area contributed by atoms with Crippen molar-refractivity contribution < 1.29 is 8.91 Å². The van der Waals surface area contributed by atoms with Crippen LogP contribution in [0.4, 0.5) is 4.39 Å². The van der Waals surface area contributed by atoms with Gasteiger partial charge >= 0.3 is 0 Å². The van der Waals surface area contributed by atoms with Crippen molar-refractivity contribution in [3.63, 3.8) is 0 Å². The largest absolute Gasteiger partial charge is 0.334 e. The highest BCUT2D eigenvalue weighted by atomic mass is 19.1. The van der Waals surface area contributed by atoms with Crippen LogP contribution in [0.1, 0.15) is 31.7 Å². The zero-order chi connectivity index (χ0) is 13.3. The van der Waals surface area contributed by atoms with Crippen molar-refractivity contribution in [2.45, 2.75) is 32.7 Å². The van der Waals surface area contributed by atoms with Crippen molar-refractivity contribution in [1.29, 1.82) is 0 Å². The van der Waals surface area contributed by atoms with Crippen LogP contribution in [0.25, 0.3) is 11.5 Å². The van der Waals surface area contributed by atoms with E-state index in [0.29, 0.717) is 23.4 Å². The summed E-state index contributed by atoms with van der Waals surface area (Å²) in [5.74, 6) is 0.424. The van der Waals surface area contributed by atoms with E-state index in [9.17, 15) is 4.39 Å². The number of rotatable bonds is 3. The molecule has 18 heavy (non-hydrogen) atoms. The van der Waals surface area contributed by atoms with Crippen molar-refractivity contribution in [3.8, 4) is 11.5 Å². The fourth-order valence-corrected chi connectivity index (χ4v) is 1.46. The molecule has 0 spiro atoms. The van der Waals surface area contributed by atoms with E-state index in [0.717, 1.165) is 0 Å². The first kappa shape index (κ1) is 12.7. The van der Waals surface area contributed by atoms with Gasteiger partial charge in [-0.3, -0.25) is 0 Å². The molecule has 96 valence electrons. The van der Waals surface area contributed by atoms with Crippen LogP contribution in [0.15, 0.2) is 22.7 Å². The Morgan fingerprint density at radius 2 is 2.17 bits per heavy atom. The fourth-order valence-electron chi connectivity index (χ4n) is 1.46. The topological polar surface area (TPSA) is 64.9 Å². The zero-order valence-corrected chi connectivity index (χ0v) is 10.7. The average Bonchev–Trinajstić information content (AvgIpc) is 2.83. The molecule has 0 saturated carbocycles. The third-order valence-corrected chi connectivity index (χ3v) is 3.09. The molecule has 4 nitrogen and oxygen atoms in total. The normalized spacial score (nSPS) is 14.5. The van der Waals surface area contributed by atoms with E-state index in [4.69, 9.17) is 10.3 Å². The molecule has 5 heteroatoms. The molecule has 0 radical (unpaired) electrons. The van der Waals surface area contributed by atoms with Crippen LogP contribution in [0.2, 0.25) is 0 Å². The summed E-state index contributed by atoms with van der Waals surface area (Å²) in [6, 6.07) is 4.80. The highest BCUT2D eigenvalue weighted by molar-refractivity contribution is 5.53. The molecule has 2 aromatic rings. The maximum atomic E-state index is 13.5. The SMILES string of the molecule is CCC(C)(N)c1noc(-c2ccc(C)c(F)c2)n1. The summed E-state index contributed by atoms with van der Waals surface area (Å²) < 4.78 is 18.6. The third-order valence-electron chi connectivity index (χ3n) is 3.09. The summed E-state index contributed by atoms with van der Waals surface area (Å²) >= 11 is 0. The molecule has 0 aliphatic heterocycles. The van der Waals surface area contributed by atoms with Gasteiger partial charge in [0.15, 0.2) is 5.82 Å². The predicted molar refractivity (Wildman–Crippen MR) is 66.3 cm³/mol. The molecule has 2 N–H and O–H groups in total. The summed E-state index contributed by atoms with van der Waals surface area (Å²) in [6.07, 6.45) is 0.689. The molecule has 1 atom stereocenters. The number of benzene rings is 1. The van der Waals surface area contributed by atoms with Gasteiger partial charge in [-0.25, -0.2) is 4.39 Å². The lowest BCUT2D eigenvalue weighted by Gasteiger charge is -2.16. The number of nitrogens with two attached hydrogens (primary N) is 1. The molecular weight excluding hydrogens is 233 g/mol. The minimum Gasteiger partial charge on any atom is -0.334 e. The Morgan fingerprint density at radius 1 is 1.44 bits per heavy atom. The van der Waals surface area contributed by atoms with Gasteiger partial charge in [-0.05, 0) is 38.0 Å². The molecule has 1 aromatic carbocycles. The Hall–Kier alpha value is -1.75. The van der Waals surface area contributed by atoms with E-state index in [1.807, 2.05) is 13.8 Å². The van der Waals surface area contributed by atoms with Crippen LogP contribution >= 0.6 is 0 Å². The Balaban J connectivity index is 2.38. The van der Waals surface area contributed by atoms with E-state index in [1.54, 1.807) is 19.1 Å². The fraction of sp³-hybridized carbons (Fsp3) is 0.385. The Bertz CT molecular complexity index is 563. The first-order valence-corrected chi connectivity index (χ1v) is 5.83. The molecule has 0 bridgehead atoms. The lowest BCUT2D eigenvalue weighted by Crippen LogP contribution is -2.33. The number of halogens is 1. The van der Waals surface area contributed by atoms with Crippen LogP contribution in [0.3, 0.4) is 0 Å². The number of aryl methyl sites for hydroxylation is 1. The Labute approximate surface area is 105 Å². The maximum Gasteiger partial charge on any atom is 0.258 e. The van der Waals surface area contributed by atoms with E-state index in [-0.39, 0.29) is 11.7 Å². The molecule has 0 saturated heterocycles. The molecular formula is C13H16FN3O. The van der Waals surface area contributed by atoms with Crippen LogP contribution in [-0.2, 0) is 5.54 Å². The smallest absolute Gasteiger partial charge is 0.258 e. The van der Waals surface area contributed by atoms with E-state index >= 15 is 0 Å². The number of hydrogen-bond donors (Lipinski definition) is 1. The second-order valence-corrected chi connectivity index (χ2v) is 4.66. The highest BCUT2D eigenvalue weighted by Gasteiger charge is 2.25. The minimum absolute atomic E-state index is 0.286. The molecule has 0 aliphatic rings. The number of nitrogens with zero attached hydrogens (tertiary/aromatic N) is 2. The highest BCUT2D eigenvalue weighted by Crippen LogP contribution is 2.24. The van der Waals surface area contributed by atoms with E-state index in [1.165, 1.54) is 6.07 Å². The third kappa shape index (κ3) is 2.26. The van der Waals surface area contributed by atoms with Crippen molar-refractivity contribution in [1.82, 2.24) is 10.1 Å². The van der Waals surface area contributed by atoms with Crippen LogP contribution in [0.5, 0.6) is 0 Å². The van der Waals surface area contributed by atoms with Crippen molar-refractivity contribution in [2.75, 3.05) is 0 Å². The summed E-state index contributed by atoms with van der Waals surface area (Å²) in [5.41, 5.74) is 6.53. The summed E-state index contributed by atoms with van der Waals surface area (Å²) in [7, 11) is 0. The Morgan fingerprint density at radius 3 is 2.78 bits per heavy atom. The molecule has 1 heterocycles. The molecule has 0 aliphatic carbocycles. The van der Waals surface area contributed by atoms with Gasteiger partial charge < -0.3 is 10.3 Å². The molecule has 1 unspecified atom stereocenters. The van der Waals surface area contributed by atoms with Crippen molar-refractivity contribution >= 4 is 0 Å². The van der Waals surface area contributed by atoms with Gasteiger partial charge in [-0.15, -0.1) is 0 Å². The molecule has 0 fully saturated rings. The number of aromatic nitrogens is 2. The van der Waals surface area contributed by atoms with Gasteiger partial charge in [0.05, 0.1) is 5.54 Å². The maximum absolute atomic E-state index is 13.5. The van der Waals surface area contributed by atoms with Gasteiger partial charge in [0.2, 0.25) is 0 Å². The van der Waals surface area contributed by atoms with Crippen LogP contribution < -0.4 is 5.73 Å². The molecule has 0 amide bonds. The van der Waals surface area contributed by atoms with Gasteiger partial charge in [-0.2, -0.15) is 4.98 Å². The van der Waals surface area contributed by atoms with Gasteiger partial charge in [0, 0.05) is 5.56 Å². The summed E-state index contributed by atoms with van der Waals surface area (Å²) in [4.78, 5) is 4.22. The molecule has 1 aromatic heterocycles. The zero-order valence-electron chi connectivity index (χ0n) is 10.7. The second-order valence-electron chi connectivity index (χ2n) is 4.66. The second kappa shape index (κ2) is 4.49. The quantitative estimate of drug-likeness (QED) is 0.908. The lowest BCUT2D eigenvalue weighted by molar-refractivity contribution is 0.379. The predicted octanol–water partition coefficient (Wildman–Crippen LogP) is 2.77. The number of hydrogen-bond acceptors (Lipinski definition) is 4. The molecule has 2 rings (SSSR count). The monoisotopic (exact) mass is 249 g/mol. The summed E-state index contributed by atoms with van der Waals surface area (Å²) in [5, 5.41) is 3.85. The average molecular weight is 249 g/mol. The Kier molecular flexibility index (Phi) is 3.17. The van der Waals surface area contributed by atoms with Gasteiger partial charge in [0.1, 0.15) is 5.82 Å². The van der Waals surface area contributed by atoms with Crippen LogP contribution in [0, 0.1) is 12.7 Å². The van der Waals surface area contributed by atoms with Crippen LogP contribution in [-0.4, -0.2) is 10.1 Å². The van der Waals surface area contributed by atoms with E-state index < -0.39 is 5.54 Å². The first-order chi connectivity index (χ1) is 8.44. The standard InChI is InChI=1S/C13H16FN3O/c1-4-13(3,15)12-16-11(18-17-12)9-6-5-8(2)10(14)7-9/h5-7H,4,15H2,1-3H3. The summed E-state index contributed by atoms with van der Waals surface area (Å²) in [6.45, 7) is 5.48. The van der Waals surface area contributed by atoms with E-state index in [2.05, 4.69) is 10.1 Å². The van der Waals surface area contributed by atoms with Gasteiger partial charge in [-0.1, -0.05) is 18.1 Å². The lowest BCUT2D eigenvalue weighted by atomic mass is 10.00. The van der Waals surface area contributed by atoms with Gasteiger partial charge in [0.25, 0.3) is 5.89 Å². The van der Waals surface area contributed by atoms with Crippen molar-refractivity contribution in [3.05, 3.63) is 35.4 Å². The van der Waals surface area contributed by atoms with Crippen molar-refractivity contribution in [2.24, 2.45) is 5.73 Å².